The van der Waals surface area contributed by atoms with E-state index in [0.29, 0.717) is 28.9 Å². The molecule has 0 aliphatic heterocycles. The van der Waals surface area contributed by atoms with E-state index in [0.717, 1.165) is 11.3 Å². The van der Waals surface area contributed by atoms with Crippen molar-refractivity contribution in [3.63, 3.8) is 0 Å². The Labute approximate surface area is 115 Å². The lowest BCUT2D eigenvalue weighted by Gasteiger charge is -2.01. The Balaban J connectivity index is 2.16. The quantitative estimate of drug-likeness (QED) is 0.692. The summed E-state index contributed by atoms with van der Waals surface area (Å²) in [4.78, 5) is 0. The fourth-order valence-electron chi connectivity index (χ4n) is 1.60. The zero-order valence-electron chi connectivity index (χ0n) is 9.49. The molecular weight excluding hydrogens is 271 g/mol. The van der Waals surface area contributed by atoms with Crippen LogP contribution in [-0.4, -0.2) is 6.54 Å². The van der Waals surface area contributed by atoms with E-state index in [1.54, 1.807) is 12.1 Å². The highest BCUT2D eigenvalue weighted by molar-refractivity contribution is 6.36. The summed E-state index contributed by atoms with van der Waals surface area (Å²) >= 11 is 11.9. The summed E-state index contributed by atoms with van der Waals surface area (Å²) in [6.45, 7) is 1.05. The van der Waals surface area contributed by atoms with Gasteiger partial charge in [-0.05, 0) is 30.3 Å². The minimum Gasteiger partial charge on any atom is -0.455 e. The van der Waals surface area contributed by atoms with E-state index in [9.17, 15) is 0 Å². The zero-order chi connectivity index (χ0) is 13.0. The highest BCUT2D eigenvalue weighted by Gasteiger charge is 2.09. The lowest BCUT2D eigenvalue weighted by molar-refractivity contribution is -0.662. The van der Waals surface area contributed by atoms with Gasteiger partial charge in [-0.2, -0.15) is 5.26 Å². The van der Waals surface area contributed by atoms with Gasteiger partial charge in [-0.3, -0.25) is 0 Å². The first-order valence-corrected chi connectivity index (χ1v) is 6.19. The fourth-order valence-corrected chi connectivity index (χ4v) is 2.10. The Kier molecular flexibility index (Phi) is 4.27. The SMILES string of the molecule is N#CC[NH2+]Cc1ccc(-c2ccc(Cl)cc2Cl)o1. The number of nitrogens with two attached hydrogens (primary N) is 1. The predicted octanol–water partition coefficient (Wildman–Crippen LogP) is 2.84. The Morgan fingerprint density at radius 3 is 2.78 bits per heavy atom. The number of rotatable bonds is 4. The Bertz CT molecular complexity index is 587. The van der Waals surface area contributed by atoms with Gasteiger partial charge in [-0.1, -0.05) is 23.2 Å². The molecule has 0 aliphatic carbocycles. The minimum absolute atomic E-state index is 0.414. The molecule has 0 atom stereocenters. The normalized spacial score (nSPS) is 10.3. The van der Waals surface area contributed by atoms with Crippen molar-refractivity contribution < 1.29 is 9.73 Å². The lowest BCUT2D eigenvalue weighted by atomic mass is 10.2. The molecule has 3 nitrogen and oxygen atoms in total. The van der Waals surface area contributed by atoms with E-state index in [-0.39, 0.29) is 0 Å². The van der Waals surface area contributed by atoms with Gasteiger partial charge in [0.2, 0.25) is 0 Å². The number of nitrogens with zero attached hydrogens (tertiary/aromatic N) is 1. The van der Waals surface area contributed by atoms with E-state index >= 15 is 0 Å². The van der Waals surface area contributed by atoms with Crippen molar-refractivity contribution in [2.45, 2.75) is 6.54 Å². The molecule has 1 aromatic carbocycles. The molecule has 0 fully saturated rings. The van der Waals surface area contributed by atoms with Crippen LogP contribution in [0.4, 0.5) is 0 Å². The van der Waals surface area contributed by atoms with E-state index in [4.69, 9.17) is 32.9 Å². The van der Waals surface area contributed by atoms with Gasteiger partial charge < -0.3 is 9.73 Å². The Hall–Kier alpha value is -1.47. The molecule has 2 N–H and O–H groups in total. The molecule has 0 aliphatic rings. The molecule has 18 heavy (non-hydrogen) atoms. The molecule has 0 saturated heterocycles. The maximum atomic E-state index is 8.45. The number of hydrogen-bond acceptors (Lipinski definition) is 2. The molecule has 0 spiro atoms. The van der Waals surface area contributed by atoms with Crippen LogP contribution in [0.15, 0.2) is 34.7 Å². The molecule has 1 aromatic heterocycles. The number of furan rings is 1. The van der Waals surface area contributed by atoms with Crippen molar-refractivity contribution in [2.24, 2.45) is 0 Å². The summed E-state index contributed by atoms with van der Waals surface area (Å²) in [6.07, 6.45) is 0. The van der Waals surface area contributed by atoms with Crippen LogP contribution >= 0.6 is 23.2 Å². The van der Waals surface area contributed by atoms with Gasteiger partial charge >= 0.3 is 0 Å². The smallest absolute Gasteiger partial charge is 0.163 e. The monoisotopic (exact) mass is 281 g/mol. The molecule has 0 amide bonds. The van der Waals surface area contributed by atoms with Crippen molar-refractivity contribution in [1.29, 1.82) is 5.26 Å². The van der Waals surface area contributed by atoms with Crippen molar-refractivity contribution in [2.75, 3.05) is 6.54 Å². The standard InChI is InChI=1S/C13H10Cl2N2O/c14-9-1-3-11(12(15)7-9)13-4-2-10(18-13)8-17-6-5-16/h1-4,7,17H,6,8H2/p+1. The molecular formula is C13H11Cl2N2O+. The molecule has 0 radical (unpaired) electrons. The van der Waals surface area contributed by atoms with Gasteiger partial charge in [0.15, 0.2) is 12.3 Å². The first-order valence-electron chi connectivity index (χ1n) is 5.43. The van der Waals surface area contributed by atoms with Gasteiger partial charge in [0, 0.05) is 10.6 Å². The topological polar surface area (TPSA) is 53.5 Å². The van der Waals surface area contributed by atoms with E-state index < -0.39 is 0 Å². The van der Waals surface area contributed by atoms with Crippen LogP contribution in [0.5, 0.6) is 0 Å². The lowest BCUT2D eigenvalue weighted by Crippen LogP contribution is -2.82. The summed E-state index contributed by atoms with van der Waals surface area (Å²) in [6, 6.07) is 11.1. The van der Waals surface area contributed by atoms with E-state index in [1.807, 2.05) is 23.5 Å². The van der Waals surface area contributed by atoms with Crippen molar-refractivity contribution in [3.8, 4) is 17.4 Å². The third kappa shape index (κ3) is 3.05. The zero-order valence-corrected chi connectivity index (χ0v) is 11.0. The molecule has 2 aromatic rings. The highest BCUT2D eigenvalue weighted by Crippen LogP contribution is 2.31. The third-order valence-electron chi connectivity index (χ3n) is 2.44. The van der Waals surface area contributed by atoms with Crippen LogP contribution in [0.1, 0.15) is 5.76 Å². The maximum Gasteiger partial charge on any atom is 0.163 e. The molecule has 0 unspecified atom stereocenters. The second-order valence-electron chi connectivity index (χ2n) is 3.75. The third-order valence-corrected chi connectivity index (χ3v) is 2.99. The van der Waals surface area contributed by atoms with Crippen LogP contribution < -0.4 is 5.32 Å². The number of nitriles is 1. The maximum absolute atomic E-state index is 8.45. The van der Waals surface area contributed by atoms with Crippen LogP contribution in [0.25, 0.3) is 11.3 Å². The van der Waals surface area contributed by atoms with E-state index in [2.05, 4.69) is 6.07 Å². The van der Waals surface area contributed by atoms with Crippen LogP contribution in [0.3, 0.4) is 0 Å². The number of hydrogen-bond donors (Lipinski definition) is 1. The first-order chi connectivity index (χ1) is 8.70. The predicted molar refractivity (Wildman–Crippen MR) is 70.3 cm³/mol. The van der Waals surface area contributed by atoms with Crippen LogP contribution in [0.2, 0.25) is 10.0 Å². The van der Waals surface area contributed by atoms with Gasteiger partial charge in [0.1, 0.15) is 18.4 Å². The fraction of sp³-hybridized carbons (Fsp3) is 0.154. The first kappa shape index (κ1) is 13.0. The molecule has 92 valence electrons. The van der Waals surface area contributed by atoms with Crippen LogP contribution in [0, 0.1) is 11.3 Å². The molecule has 2 rings (SSSR count). The summed E-state index contributed by atoms with van der Waals surface area (Å²) in [5.41, 5.74) is 0.813. The van der Waals surface area contributed by atoms with Gasteiger partial charge in [0.05, 0.1) is 5.02 Å². The number of quaternary nitrogens is 1. The number of halogens is 2. The average molecular weight is 282 g/mol. The van der Waals surface area contributed by atoms with Gasteiger partial charge in [-0.25, -0.2) is 0 Å². The van der Waals surface area contributed by atoms with Crippen LogP contribution in [-0.2, 0) is 6.54 Å². The van der Waals surface area contributed by atoms with Crippen molar-refractivity contribution in [3.05, 3.63) is 46.1 Å². The Morgan fingerprint density at radius 2 is 2.06 bits per heavy atom. The summed E-state index contributed by atoms with van der Waals surface area (Å²) in [5.74, 6) is 1.52. The largest absolute Gasteiger partial charge is 0.455 e. The molecule has 0 bridgehead atoms. The number of benzene rings is 1. The molecule has 1 heterocycles. The van der Waals surface area contributed by atoms with Crippen molar-refractivity contribution >= 4 is 23.2 Å². The average Bonchev–Trinajstić information content (AvgIpc) is 2.78. The van der Waals surface area contributed by atoms with Gasteiger partial charge in [0.25, 0.3) is 0 Å². The van der Waals surface area contributed by atoms with E-state index in [1.165, 1.54) is 0 Å². The van der Waals surface area contributed by atoms with Gasteiger partial charge in [-0.15, -0.1) is 0 Å². The molecule has 0 saturated carbocycles. The summed E-state index contributed by atoms with van der Waals surface area (Å²) < 4.78 is 5.67. The highest BCUT2D eigenvalue weighted by atomic mass is 35.5. The molecule has 5 heteroatoms. The van der Waals surface area contributed by atoms with Crippen molar-refractivity contribution in [1.82, 2.24) is 0 Å². The summed E-state index contributed by atoms with van der Waals surface area (Å²) in [7, 11) is 0. The second-order valence-corrected chi connectivity index (χ2v) is 4.59. The second kappa shape index (κ2) is 5.92. The summed E-state index contributed by atoms with van der Waals surface area (Å²) in [5, 5.41) is 11.5. The Morgan fingerprint density at radius 1 is 1.22 bits per heavy atom. The minimum atomic E-state index is 0.414.